The highest BCUT2D eigenvalue weighted by Gasteiger charge is 2.08. The van der Waals surface area contributed by atoms with Crippen LogP contribution < -0.4 is 10.1 Å². The van der Waals surface area contributed by atoms with E-state index in [-0.39, 0.29) is 6.61 Å². The monoisotopic (exact) mass is 457 g/mol. The van der Waals surface area contributed by atoms with Gasteiger partial charge in [0.15, 0.2) is 0 Å². The average molecular weight is 458 g/mol. The molecule has 0 bridgehead atoms. The maximum absolute atomic E-state index is 10.5. The van der Waals surface area contributed by atoms with Gasteiger partial charge in [0.25, 0.3) is 0 Å². The molecule has 1 heterocycles. The highest BCUT2D eigenvalue weighted by atomic mass is 31.1. The summed E-state index contributed by atoms with van der Waals surface area (Å²) in [5.74, 6) is 0.821. The highest BCUT2D eigenvalue weighted by molar-refractivity contribution is 7.32. The van der Waals surface area contributed by atoms with E-state index in [9.17, 15) is 4.57 Å². The minimum atomic E-state index is -2.84. The molecule has 172 valence electrons. The summed E-state index contributed by atoms with van der Waals surface area (Å²) in [7, 11) is -2.84. The van der Waals surface area contributed by atoms with Crippen LogP contribution in [0.2, 0.25) is 0 Å². The fraction of sp³-hybridized carbons (Fsp3) is 0.375. The summed E-state index contributed by atoms with van der Waals surface area (Å²) < 4.78 is 23.2. The highest BCUT2D eigenvalue weighted by Crippen LogP contribution is 2.24. The van der Waals surface area contributed by atoms with Crippen molar-refractivity contribution in [3.8, 4) is 11.4 Å². The van der Waals surface area contributed by atoms with E-state index in [1.807, 2.05) is 29.1 Å². The summed E-state index contributed by atoms with van der Waals surface area (Å²) in [5, 5.41) is 7.69. The van der Waals surface area contributed by atoms with Crippen LogP contribution in [0.25, 0.3) is 5.69 Å². The zero-order chi connectivity index (χ0) is 22.4. The van der Waals surface area contributed by atoms with E-state index in [1.54, 1.807) is 6.20 Å². The Balaban J connectivity index is 1.45. The van der Waals surface area contributed by atoms with Crippen LogP contribution in [0, 0.1) is 0 Å². The Morgan fingerprint density at radius 2 is 1.84 bits per heavy atom. The van der Waals surface area contributed by atoms with Crippen LogP contribution >= 0.6 is 8.25 Å². The minimum Gasteiger partial charge on any atom is -0.491 e. The van der Waals surface area contributed by atoms with Gasteiger partial charge in [-0.1, -0.05) is 36.4 Å². The molecule has 2 N–H and O–H groups in total. The van der Waals surface area contributed by atoms with E-state index >= 15 is 0 Å². The molecule has 1 aromatic heterocycles. The van der Waals surface area contributed by atoms with E-state index < -0.39 is 8.25 Å². The lowest BCUT2D eigenvalue weighted by atomic mass is 10.1. The quantitative estimate of drug-likeness (QED) is 0.257. The summed E-state index contributed by atoms with van der Waals surface area (Å²) >= 11 is 0. The molecule has 2 aromatic carbocycles. The van der Waals surface area contributed by atoms with Gasteiger partial charge in [-0.15, -0.1) is 0 Å². The molecule has 0 fully saturated rings. The first kappa shape index (κ1) is 24.2. The molecule has 0 saturated carbocycles. The Kier molecular flexibility index (Phi) is 10.5. The lowest BCUT2D eigenvalue weighted by Gasteiger charge is -2.14. The van der Waals surface area contributed by atoms with E-state index in [0.29, 0.717) is 26.1 Å². The molecule has 3 rings (SSSR count). The molecular formula is C24H32N3O4P. The summed E-state index contributed by atoms with van der Waals surface area (Å²) in [4.78, 5) is 8.67. The van der Waals surface area contributed by atoms with Crippen LogP contribution in [0.5, 0.6) is 5.75 Å². The first-order valence-electron chi connectivity index (χ1n) is 11.1. The number of hydrogen-bond acceptors (Lipinski definition) is 5. The summed E-state index contributed by atoms with van der Waals surface area (Å²) in [6.45, 7) is 2.34. The molecule has 1 unspecified atom stereocenters. The third-order valence-electron chi connectivity index (χ3n) is 5.04. The van der Waals surface area contributed by atoms with E-state index in [0.717, 1.165) is 42.7 Å². The largest absolute Gasteiger partial charge is 0.491 e. The summed E-state index contributed by atoms with van der Waals surface area (Å²) in [6.07, 6.45) is 8.74. The summed E-state index contributed by atoms with van der Waals surface area (Å²) in [6, 6.07) is 18.6. The van der Waals surface area contributed by atoms with Gasteiger partial charge in [0, 0.05) is 18.9 Å². The Labute approximate surface area is 190 Å². The molecule has 0 amide bonds. The fourth-order valence-corrected chi connectivity index (χ4v) is 3.73. The number of nitrogens with one attached hydrogen (secondary N) is 1. The topological polar surface area (TPSA) is 85.6 Å². The summed E-state index contributed by atoms with van der Waals surface area (Å²) in [5.41, 5.74) is 3.42. The Bertz CT molecular complexity index is 936. The first-order valence-corrected chi connectivity index (χ1v) is 12.3. The van der Waals surface area contributed by atoms with Crippen molar-refractivity contribution >= 4 is 8.25 Å². The van der Waals surface area contributed by atoms with Crippen LogP contribution in [0.4, 0.5) is 0 Å². The molecule has 0 spiro atoms. The number of ether oxygens (including phenoxy) is 1. The predicted octanol–water partition coefficient (Wildman–Crippen LogP) is 4.54. The predicted molar refractivity (Wildman–Crippen MR) is 127 cm³/mol. The second-order valence-corrected chi connectivity index (χ2v) is 8.36. The molecule has 32 heavy (non-hydrogen) atoms. The third-order valence-corrected chi connectivity index (χ3v) is 5.49. The number of benzene rings is 2. The third kappa shape index (κ3) is 8.60. The number of nitrogens with zero attached hydrogens (tertiary/aromatic N) is 2. The average Bonchev–Trinajstić information content (AvgIpc) is 3.34. The molecule has 0 saturated heterocycles. The van der Waals surface area contributed by atoms with Crippen molar-refractivity contribution in [3.63, 3.8) is 0 Å². The van der Waals surface area contributed by atoms with Crippen LogP contribution in [-0.4, -0.2) is 34.4 Å². The second kappa shape index (κ2) is 13.9. The SMILES string of the molecule is O=[PH](O)OCCCNCc1ccc(OCCCCCc2ccccc2)c(-n2cccn2)c1. The molecule has 0 aliphatic carbocycles. The zero-order valence-corrected chi connectivity index (χ0v) is 19.3. The molecule has 0 radical (unpaired) electrons. The van der Waals surface area contributed by atoms with Gasteiger partial charge in [0.2, 0.25) is 0 Å². The molecule has 3 aromatic rings. The van der Waals surface area contributed by atoms with E-state index in [1.165, 1.54) is 5.56 Å². The molecule has 8 heteroatoms. The number of rotatable bonds is 15. The number of unbranched alkanes of at least 4 members (excludes halogenated alkanes) is 2. The van der Waals surface area contributed by atoms with E-state index in [4.69, 9.17) is 14.2 Å². The smallest absolute Gasteiger partial charge is 0.316 e. The maximum Gasteiger partial charge on any atom is 0.316 e. The van der Waals surface area contributed by atoms with Gasteiger partial charge < -0.3 is 19.5 Å². The van der Waals surface area contributed by atoms with Gasteiger partial charge in [0.05, 0.1) is 13.2 Å². The zero-order valence-electron chi connectivity index (χ0n) is 18.3. The van der Waals surface area contributed by atoms with Crippen LogP contribution in [0.15, 0.2) is 67.0 Å². The van der Waals surface area contributed by atoms with Crippen molar-refractivity contribution in [1.29, 1.82) is 0 Å². The van der Waals surface area contributed by atoms with Gasteiger partial charge >= 0.3 is 8.25 Å². The molecule has 1 atom stereocenters. The standard InChI is InChI=1S/C24H32N3O4P/c28-32(29)31-18-8-14-25-20-22-12-13-24(23(19-22)27-16-7-15-26-27)30-17-6-2-5-11-21-9-3-1-4-10-21/h1,3-4,7,9-10,12-13,15-16,19,25,32H,2,5-6,8,11,14,17-18,20H2,(H,28,29). The number of aromatic nitrogens is 2. The number of aryl methyl sites for hydroxylation is 1. The maximum atomic E-state index is 10.5. The van der Waals surface area contributed by atoms with Crippen molar-refractivity contribution < 1.29 is 18.7 Å². The Hall–Kier alpha value is -2.44. The van der Waals surface area contributed by atoms with Gasteiger partial charge in [0.1, 0.15) is 11.4 Å². The van der Waals surface area contributed by atoms with Crippen molar-refractivity contribution in [2.45, 2.75) is 38.6 Å². The van der Waals surface area contributed by atoms with E-state index in [2.05, 4.69) is 46.8 Å². The van der Waals surface area contributed by atoms with Gasteiger partial charge in [-0.25, -0.2) is 4.68 Å². The lowest BCUT2D eigenvalue weighted by molar-refractivity contribution is 0.276. The molecule has 0 aliphatic rings. The first-order chi connectivity index (χ1) is 15.7. The lowest BCUT2D eigenvalue weighted by Crippen LogP contribution is -2.16. The Morgan fingerprint density at radius 3 is 2.62 bits per heavy atom. The second-order valence-electron chi connectivity index (χ2n) is 7.54. The fourth-order valence-electron chi connectivity index (χ4n) is 3.41. The molecular weight excluding hydrogens is 425 g/mol. The van der Waals surface area contributed by atoms with Gasteiger partial charge in [-0.05, 0) is 68.0 Å². The normalized spacial score (nSPS) is 12.0. The van der Waals surface area contributed by atoms with Gasteiger partial charge in [-0.3, -0.25) is 4.57 Å². The van der Waals surface area contributed by atoms with Crippen LogP contribution in [0.1, 0.15) is 36.8 Å². The van der Waals surface area contributed by atoms with Gasteiger partial charge in [-0.2, -0.15) is 5.10 Å². The van der Waals surface area contributed by atoms with Crippen molar-refractivity contribution in [3.05, 3.63) is 78.1 Å². The van der Waals surface area contributed by atoms with Crippen LogP contribution in [0.3, 0.4) is 0 Å². The molecule has 0 aliphatic heterocycles. The van der Waals surface area contributed by atoms with Crippen molar-refractivity contribution in [2.75, 3.05) is 19.8 Å². The minimum absolute atomic E-state index is 0.276. The molecule has 7 nitrogen and oxygen atoms in total. The Morgan fingerprint density at radius 1 is 0.969 bits per heavy atom. The number of hydrogen-bond donors (Lipinski definition) is 2. The van der Waals surface area contributed by atoms with Crippen LogP contribution in [-0.2, 0) is 22.1 Å². The van der Waals surface area contributed by atoms with Crippen molar-refractivity contribution in [2.24, 2.45) is 0 Å². The van der Waals surface area contributed by atoms with Crippen molar-refractivity contribution in [1.82, 2.24) is 15.1 Å².